The van der Waals surface area contributed by atoms with Gasteiger partial charge in [-0.3, -0.25) is 4.79 Å². The Bertz CT molecular complexity index is 829. The first kappa shape index (κ1) is 16.6. The molecule has 0 spiro atoms. The summed E-state index contributed by atoms with van der Waals surface area (Å²) < 4.78 is 7.31. The zero-order chi connectivity index (χ0) is 17.1. The predicted octanol–water partition coefficient (Wildman–Crippen LogP) is 4.47. The van der Waals surface area contributed by atoms with Crippen molar-refractivity contribution in [1.82, 2.24) is 9.47 Å². The maximum absolute atomic E-state index is 12.8. The zero-order valence-electron chi connectivity index (χ0n) is 13.4. The molecule has 0 fully saturated rings. The Labute approximate surface area is 149 Å². The number of thiophene rings is 1. The quantitative estimate of drug-likeness (QED) is 0.672. The van der Waals surface area contributed by atoms with Gasteiger partial charge < -0.3 is 14.2 Å². The van der Waals surface area contributed by atoms with Crippen molar-refractivity contribution in [2.24, 2.45) is 0 Å². The second kappa shape index (κ2) is 7.11. The fraction of sp³-hybridized carbons (Fsp3) is 0.167. The first-order valence-corrected chi connectivity index (χ1v) is 8.64. The van der Waals surface area contributed by atoms with E-state index in [9.17, 15) is 4.79 Å². The number of rotatable bonds is 5. The largest absolute Gasteiger partial charge is 0.496 e. The highest BCUT2D eigenvalue weighted by Gasteiger charge is 2.20. The van der Waals surface area contributed by atoms with Crippen molar-refractivity contribution in [1.29, 1.82) is 0 Å². The maximum atomic E-state index is 12.8. The van der Waals surface area contributed by atoms with Crippen LogP contribution in [0.5, 0.6) is 5.75 Å². The fourth-order valence-electron chi connectivity index (χ4n) is 2.49. The van der Waals surface area contributed by atoms with E-state index >= 15 is 0 Å². The van der Waals surface area contributed by atoms with Crippen LogP contribution in [-0.2, 0) is 6.54 Å². The van der Waals surface area contributed by atoms with Gasteiger partial charge >= 0.3 is 0 Å². The van der Waals surface area contributed by atoms with Gasteiger partial charge in [0, 0.05) is 30.4 Å². The number of hydrogen-bond acceptors (Lipinski definition) is 3. The van der Waals surface area contributed by atoms with Gasteiger partial charge in [-0.1, -0.05) is 17.7 Å². The second-order valence-electron chi connectivity index (χ2n) is 5.33. The molecule has 0 unspecified atom stereocenters. The van der Waals surface area contributed by atoms with E-state index in [4.69, 9.17) is 16.3 Å². The lowest BCUT2D eigenvalue weighted by Crippen LogP contribution is -2.26. The predicted molar refractivity (Wildman–Crippen MR) is 97.4 cm³/mol. The van der Waals surface area contributed by atoms with Gasteiger partial charge in [0.25, 0.3) is 5.91 Å². The van der Waals surface area contributed by atoms with E-state index in [0.29, 0.717) is 22.9 Å². The van der Waals surface area contributed by atoms with Crippen molar-refractivity contribution in [3.05, 3.63) is 69.6 Å². The molecular weight excluding hydrogens is 344 g/mol. The van der Waals surface area contributed by atoms with E-state index in [2.05, 4.69) is 0 Å². The summed E-state index contributed by atoms with van der Waals surface area (Å²) in [6, 6.07) is 11.3. The number of carbonyl (C=O) groups excluding carboxylic acids is 1. The van der Waals surface area contributed by atoms with E-state index in [0.717, 1.165) is 10.6 Å². The third-order valence-electron chi connectivity index (χ3n) is 3.70. The molecule has 0 radical (unpaired) electrons. The molecule has 3 aromatic rings. The van der Waals surface area contributed by atoms with Crippen LogP contribution >= 0.6 is 22.9 Å². The van der Waals surface area contributed by atoms with Crippen molar-refractivity contribution >= 4 is 28.8 Å². The van der Waals surface area contributed by atoms with Gasteiger partial charge in [-0.05, 0) is 29.6 Å². The van der Waals surface area contributed by atoms with E-state index < -0.39 is 0 Å². The molecule has 1 aromatic carbocycles. The molecule has 0 aliphatic carbocycles. The summed E-state index contributed by atoms with van der Waals surface area (Å²) >= 11 is 8.02. The minimum atomic E-state index is -0.124. The zero-order valence-corrected chi connectivity index (χ0v) is 15.0. The summed E-state index contributed by atoms with van der Waals surface area (Å²) in [5, 5.41) is 2.50. The van der Waals surface area contributed by atoms with E-state index in [1.165, 1.54) is 0 Å². The van der Waals surface area contributed by atoms with Crippen molar-refractivity contribution in [3.8, 4) is 11.4 Å². The Morgan fingerprint density at radius 3 is 2.67 bits per heavy atom. The van der Waals surface area contributed by atoms with Gasteiger partial charge in [0.05, 0.1) is 29.9 Å². The molecule has 0 saturated carbocycles. The normalized spacial score (nSPS) is 10.6. The molecule has 0 bridgehead atoms. The van der Waals surface area contributed by atoms with Crippen molar-refractivity contribution in [3.63, 3.8) is 0 Å². The summed E-state index contributed by atoms with van der Waals surface area (Å²) in [7, 11) is 3.33. The number of hydrogen-bond donors (Lipinski definition) is 0. The SMILES string of the molecule is COc1cc(-n2cccc2)c(Cl)cc1C(=O)N(C)Cc1cccs1. The van der Waals surface area contributed by atoms with E-state index in [1.54, 1.807) is 42.5 Å². The Morgan fingerprint density at radius 1 is 1.29 bits per heavy atom. The minimum Gasteiger partial charge on any atom is -0.496 e. The van der Waals surface area contributed by atoms with Gasteiger partial charge in [0.15, 0.2) is 0 Å². The van der Waals surface area contributed by atoms with Gasteiger partial charge in [-0.25, -0.2) is 0 Å². The molecule has 0 saturated heterocycles. The molecule has 1 amide bonds. The Hall–Kier alpha value is -2.24. The number of aromatic nitrogens is 1. The summed E-state index contributed by atoms with van der Waals surface area (Å²) in [6.45, 7) is 0.552. The van der Waals surface area contributed by atoms with Crippen LogP contribution in [-0.4, -0.2) is 29.5 Å². The number of carbonyl (C=O) groups is 1. The average Bonchev–Trinajstić information content (AvgIpc) is 3.27. The van der Waals surface area contributed by atoms with Gasteiger partial charge in [0.1, 0.15) is 5.75 Å². The highest BCUT2D eigenvalue weighted by atomic mass is 35.5. The van der Waals surface area contributed by atoms with Crippen LogP contribution in [0.3, 0.4) is 0 Å². The first-order chi connectivity index (χ1) is 11.6. The molecule has 6 heteroatoms. The van der Waals surface area contributed by atoms with Crippen LogP contribution in [0.4, 0.5) is 0 Å². The van der Waals surface area contributed by atoms with Crippen LogP contribution in [0, 0.1) is 0 Å². The van der Waals surface area contributed by atoms with Crippen LogP contribution in [0.15, 0.2) is 54.2 Å². The number of nitrogens with zero attached hydrogens (tertiary/aromatic N) is 2. The van der Waals surface area contributed by atoms with E-state index in [1.807, 2.05) is 46.6 Å². The average molecular weight is 361 g/mol. The number of ether oxygens (including phenoxy) is 1. The lowest BCUT2D eigenvalue weighted by Gasteiger charge is -2.19. The third-order valence-corrected chi connectivity index (χ3v) is 4.87. The molecule has 124 valence electrons. The molecule has 0 aliphatic rings. The fourth-order valence-corrected chi connectivity index (χ4v) is 3.50. The van der Waals surface area contributed by atoms with Gasteiger partial charge in [0.2, 0.25) is 0 Å². The molecule has 2 heterocycles. The molecule has 0 atom stereocenters. The Balaban J connectivity index is 1.92. The highest BCUT2D eigenvalue weighted by Crippen LogP contribution is 2.31. The molecule has 24 heavy (non-hydrogen) atoms. The van der Waals surface area contributed by atoms with Gasteiger partial charge in [-0.2, -0.15) is 0 Å². The molecule has 3 rings (SSSR count). The molecule has 4 nitrogen and oxygen atoms in total. The lowest BCUT2D eigenvalue weighted by molar-refractivity contribution is 0.0783. The first-order valence-electron chi connectivity index (χ1n) is 7.39. The number of benzene rings is 1. The van der Waals surface area contributed by atoms with Crippen LogP contribution in [0.1, 0.15) is 15.2 Å². The van der Waals surface area contributed by atoms with Crippen LogP contribution in [0.25, 0.3) is 5.69 Å². The maximum Gasteiger partial charge on any atom is 0.257 e. The minimum absolute atomic E-state index is 0.124. The molecule has 0 N–H and O–H groups in total. The summed E-state index contributed by atoms with van der Waals surface area (Å²) in [6.07, 6.45) is 3.79. The molecule has 0 aliphatic heterocycles. The highest BCUT2D eigenvalue weighted by molar-refractivity contribution is 7.09. The smallest absolute Gasteiger partial charge is 0.257 e. The topological polar surface area (TPSA) is 34.5 Å². The van der Waals surface area contributed by atoms with Crippen molar-refractivity contribution < 1.29 is 9.53 Å². The van der Waals surface area contributed by atoms with Crippen molar-refractivity contribution in [2.45, 2.75) is 6.54 Å². The van der Waals surface area contributed by atoms with Crippen molar-refractivity contribution in [2.75, 3.05) is 14.2 Å². The Morgan fingerprint density at radius 2 is 2.04 bits per heavy atom. The van der Waals surface area contributed by atoms with Crippen LogP contribution < -0.4 is 4.74 Å². The van der Waals surface area contributed by atoms with Crippen LogP contribution in [0.2, 0.25) is 5.02 Å². The summed E-state index contributed by atoms with van der Waals surface area (Å²) in [5.74, 6) is 0.382. The monoisotopic (exact) mass is 360 g/mol. The second-order valence-corrected chi connectivity index (χ2v) is 6.77. The Kier molecular flexibility index (Phi) is 4.92. The number of amides is 1. The molecule has 2 aromatic heterocycles. The van der Waals surface area contributed by atoms with Gasteiger partial charge in [-0.15, -0.1) is 11.3 Å². The summed E-state index contributed by atoms with van der Waals surface area (Å²) in [4.78, 5) is 15.6. The lowest BCUT2D eigenvalue weighted by atomic mass is 10.1. The molecular formula is C18H17ClN2O2S. The number of methoxy groups -OCH3 is 1. The summed E-state index contributed by atoms with van der Waals surface area (Å²) in [5.41, 5.74) is 1.23. The standard InChI is InChI=1S/C18H17ClN2O2S/c1-20(12-13-6-5-9-24-13)18(22)14-10-15(19)16(11-17(14)23-2)21-7-3-4-8-21/h3-11H,12H2,1-2H3. The third kappa shape index (κ3) is 3.32. The number of halogens is 1. The van der Waals surface area contributed by atoms with E-state index in [-0.39, 0.29) is 5.91 Å².